The van der Waals surface area contributed by atoms with Crippen LogP contribution in [-0.2, 0) is 23.2 Å². The third-order valence-electron chi connectivity index (χ3n) is 8.57. The molecule has 0 radical (unpaired) electrons. The highest BCUT2D eigenvalue weighted by atomic mass is 32.2. The summed E-state index contributed by atoms with van der Waals surface area (Å²) in [6.07, 6.45) is 19.2. The third kappa shape index (κ3) is 12.9. The van der Waals surface area contributed by atoms with E-state index >= 15 is 0 Å². The topological polar surface area (TPSA) is 32.8 Å². The lowest BCUT2D eigenvalue weighted by Crippen LogP contribution is -2.30. The Bertz CT molecular complexity index is 1150. The summed E-state index contributed by atoms with van der Waals surface area (Å²) in [7, 11) is 0. The second-order valence-corrected chi connectivity index (χ2v) is 14.9. The molecule has 1 aliphatic heterocycles. The molecule has 0 spiro atoms. The van der Waals surface area contributed by atoms with Gasteiger partial charge in [-0.3, -0.25) is 4.79 Å². The van der Waals surface area contributed by atoms with Crippen molar-refractivity contribution < 1.29 is 9.53 Å². The molecule has 0 aromatic heterocycles. The first-order valence-corrected chi connectivity index (χ1v) is 18.3. The molecule has 244 valence electrons. The Morgan fingerprint density at radius 1 is 0.864 bits per heavy atom. The van der Waals surface area contributed by atoms with Gasteiger partial charge in [-0.05, 0) is 65.0 Å². The molecular weight excluding hydrogens is 561 g/mol. The van der Waals surface area contributed by atoms with Crippen molar-refractivity contribution in [2.45, 2.75) is 137 Å². The van der Waals surface area contributed by atoms with Gasteiger partial charge < -0.3 is 14.5 Å². The molecule has 2 aromatic carbocycles. The van der Waals surface area contributed by atoms with E-state index in [1.165, 1.54) is 92.2 Å². The van der Waals surface area contributed by atoms with Crippen LogP contribution in [0, 0.1) is 0 Å². The lowest BCUT2D eigenvalue weighted by atomic mass is 9.85. The van der Waals surface area contributed by atoms with Gasteiger partial charge in [0.15, 0.2) is 0 Å². The number of unbranched alkanes of at least 4 members (excludes halogenated alkanes) is 11. The minimum atomic E-state index is -0.0143. The summed E-state index contributed by atoms with van der Waals surface area (Å²) < 4.78 is 6.34. The molecular formula is C39H60N2O2S. The second kappa shape index (κ2) is 19.2. The smallest absolute Gasteiger partial charge is 0.223 e. The van der Waals surface area contributed by atoms with E-state index in [0.717, 1.165) is 43.3 Å². The van der Waals surface area contributed by atoms with Gasteiger partial charge in [0.2, 0.25) is 5.91 Å². The zero-order valence-corrected chi connectivity index (χ0v) is 29.6. The summed E-state index contributed by atoms with van der Waals surface area (Å²) in [5.74, 6) is 2.09. The summed E-state index contributed by atoms with van der Waals surface area (Å²) in [5, 5.41) is 0. The number of hydrogen-bond donors (Lipinski definition) is 0. The average Bonchev–Trinajstić information content (AvgIpc) is 3.40. The maximum absolute atomic E-state index is 12.6. The summed E-state index contributed by atoms with van der Waals surface area (Å²) in [4.78, 5) is 18.2. The maximum Gasteiger partial charge on any atom is 0.223 e. The first-order valence-electron chi connectivity index (χ1n) is 17.4. The summed E-state index contributed by atoms with van der Waals surface area (Å²) in [5.41, 5.74) is 4.70. The fourth-order valence-electron chi connectivity index (χ4n) is 5.90. The Balaban J connectivity index is 1.44. The molecule has 0 atom stereocenters. The van der Waals surface area contributed by atoms with E-state index in [0.29, 0.717) is 6.54 Å². The van der Waals surface area contributed by atoms with Crippen molar-refractivity contribution in [2.75, 3.05) is 23.9 Å². The average molecular weight is 621 g/mol. The molecule has 3 rings (SSSR count). The van der Waals surface area contributed by atoms with Gasteiger partial charge in [-0.25, -0.2) is 0 Å². The number of carbonyl (C=O) groups is 1. The molecule has 0 fully saturated rings. The molecule has 1 amide bonds. The molecule has 4 nitrogen and oxygen atoms in total. The molecule has 0 unspecified atom stereocenters. The first-order chi connectivity index (χ1) is 21.2. The van der Waals surface area contributed by atoms with Gasteiger partial charge >= 0.3 is 0 Å². The van der Waals surface area contributed by atoms with Crippen LogP contribution in [0.15, 0.2) is 53.6 Å². The van der Waals surface area contributed by atoms with Gasteiger partial charge in [0.05, 0.1) is 12.5 Å². The van der Waals surface area contributed by atoms with Crippen molar-refractivity contribution >= 4 is 23.4 Å². The fraction of sp³-hybridized carbons (Fsp3) is 0.615. The molecule has 1 heterocycles. The van der Waals surface area contributed by atoms with Crippen LogP contribution in [-0.4, -0.2) is 29.8 Å². The predicted octanol–water partition coefficient (Wildman–Crippen LogP) is 11.0. The van der Waals surface area contributed by atoms with Gasteiger partial charge in [-0.2, -0.15) is 0 Å². The number of anilines is 1. The molecule has 44 heavy (non-hydrogen) atoms. The van der Waals surface area contributed by atoms with E-state index < -0.39 is 0 Å². The highest BCUT2D eigenvalue weighted by Gasteiger charge is 2.20. The third-order valence-corrected chi connectivity index (χ3v) is 9.59. The molecule has 1 aliphatic rings. The normalized spacial score (nSPS) is 13.3. The first kappa shape index (κ1) is 36.1. The summed E-state index contributed by atoms with van der Waals surface area (Å²) in [6.45, 7) is 15.2. The monoisotopic (exact) mass is 620 g/mol. The number of allylic oxidation sites excluding steroid dienone is 1. The van der Waals surface area contributed by atoms with Crippen molar-refractivity contribution in [3.05, 3.63) is 70.3 Å². The van der Waals surface area contributed by atoms with Crippen LogP contribution >= 0.6 is 11.8 Å². The van der Waals surface area contributed by atoms with Crippen LogP contribution in [0.25, 0.3) is 0 Å². The second-order valence-electron chi connectivity index (χ2n) is 13.7. The van der Waals surface area contributed by atoms with Crippen molar-refractivity contribution in [1.29, 1.82) is 0 Å². The number of ether oxygens (including phenoxy) is 1. The van der Waals surface area contributed by atoms with Gasteiger partial charge in [0.25, 0.3) is 0 Å². The molecule has 0 aliphatic carbocycles. The quantitative estimate of drug-likeness (QED) is 0.138. The van der Waals surface area contributed by atoms with E-state index in [4.69, 9.17) is 4.74 Å². The van der Waals surface area contributed by atoms with Crippen LogP contribution in [0.5, 0.6) is 5.75 Å². The number of benzene rings is 2. The van der Waals surface area contributed by atoms with Crippen LogP contribution in [0.4, 0.5) is 5.69 Å². The van der Waals surface area contributed by atoms with Gasteiger partial charge in [-0.1, -0.05) is 123 Å². The minimum absolute atomic E-state index is 0.0143. The van der Waals surface area contributed by atoms with Crippen LogP contribution < -0.4 is 9.64 Å². The molecule has 2 aromatic rings. The SMILES string of the molecule is CCCCCCCCCCCCCCOc1ccc(CCN(C(C)=O)c2ccc(CN3C=C(C)SC3)cc2)cc1C(C)(C)C. The Morgan fingerprint density at radius 3 is 2.00 bits per heavy atom. The maximum atomic E-state index is 12.6. The number of thioether (sulfide) groups is 1. The van der Waals surface area contributed by atoms with Gasteiger partial charge in [0.1, 0.15) is 5.75 Å². The van der Waals surface area contributed by atoms with Crippen LogP contribution in [0.1, 0.15) is 135 Å². The predicted molar refractivity (Wildman–Crippen MR) is 192 cm³/mol. The number of amides is 1. The fourth-order valence-corrected chi connectivity index (χ4v) is 6.66. The van der Waals surface area contributed by atoms with E-state index in [-0.39, 0.29) is 11.3 Å². The van der Waals surface area contributed by atoms with Gasteiger partial charge in [0, 0.05) is 31.9 Å². The zero-order valence-electron chi connectivity index (χ0n) is 28.8. The van der Waals surface area contributed by atoms with Crippen molar-refractivity contribution in [3.63, 3.8) is 0 Å². The largest absolute Gasteiger partial charge is 0.493 e. The van der Waals surface area contributed by atoms with Crippen molar-refractivity contribution in [2.24, 2.45) is 0 Å². The highest BCUT2D eigenvalue weighted by molar-refractivity contribution is 8.03. The Morgan fingerprint density at radius 2 is 1.45 bits per heavy atom. The van der Waals surface area contributed by atoms with Crippen molar-refractivity contribution in [1.82, 2.24) is 4.90 Å². The number of nitrogens with zero attached hydrogens (tertiary/aromatic N) is 2. The number of rotatable bonds is 20. The Hall–Kier alpha value is -2.40. The van der Waals surface area contributed by atoms with Crippen molar-refractivity contribution in [3.8, 4) is 5.75 Å². The molecule has 0 saturated heterocycles. The minimum Gasteiger partial charge on any atom is -0.493 e. The molecule has 5 heteroatoms. The number of carbonyl (C=O) groups excluding carboxylic acids is 1. The Labute approximate surface area is 274 Å². The standard InChI is InChI=1S/C39H60N2O2S/c1-7-8-9-10-11-12-13-14-15-16-17-18-27-43-38-24-21-34(28-37(38)39(4,5)6)25-26-41(33(3)42)36-22-19-35(20-23-36)30-40-29-32(2)44-31-40/h19-24,28-29H,7-18,25-27,30-31H2,1-6H3. The summed E-state index contributed by atoms with van der Waals surface area (Å²) >= 11 is 1.88. The van der Waals surface area contributed by atoms with E-state index in [2.05, 4.69) is 88.2 Å². The summed E-state index contributed by atoms with van der Waals surface area (Å²) in [6, 6.07) is 15.1. The molecule has 0 N–H and O–H groups in total. The van der Waals surface area contributed by atoms with Crippen LogP contribution in [0.3, 0.4) is 0 Å². The Kier molecular flexibility index (Phi) is 15.7. The number of hydrogen-bond acceptors (Lipinski definition) is 4. The molecule has 0 bridgehead atoms. The molecule has 0 saturated carbocycles. The van der Waals surface area contributed by atoms with Gasteiger partial charge in [-0.15, -0.1) is 11.8 Å². The lowest BCUT2D eigenvalue weighted by molar-refractivity contribution is -0.116. The van der Waals surface area contributed by atoms with E-state index in [9.17, 15) is 4.79 Å². The lowest BCUT2D eigenvalue weighted by Gasteiger charge is -2.25. The van der Waals surface area contributed by atoms with Crippen LogP contribution in [0.2, 0.25) is 0 Å². The van der Waals surface area contributed by atoms with E-state index in [1.807, 2.05) is 16.7 Å². The highest BCUT2D eigenvalue weighted by Crippen LogP contribution is 2.33. The zero-order chi connectivity index (χ0) is 31.8. The van der Waals surface area contributed by atoms with E-state index in [1.54, 1.807) is 6.92 Å².